The van der Waals surface area contributed by atoms with Crippen LogP contribution in [0.4, 0.5) is 5.69 Å². The lowest BCUT2D eigenvalue weighted by Gasteiger charge is -2.09. The van der Waals surface area contributed by atoms with Gasteiger partial charge >= 0.3 is 0 Å². The summed E-state index contributed by atoms with van der Waals surface area (Å²) in [6.07, 6.45) is 1.31. The van der Waals surface area contributed by atoms with E-state index >= 15 is 0 Å². The molecule has 22 heavy (non-hydrogen) atoms. The molecule has 118 valence electrons. The Morgan fingerprint density at radius 2 is 1.91 bits per heavy atom. The van der Waals surface area contributed by atoms with Gasteiger partial charge in [0, 0.05) is 22.0 Å². The lowest BCUT2D eigenvalue weighted by molar-refractivity contribution is -0.116. The van der Waals surface area contributed by atoms with Crippen molar-refractivity contribution in [3.05, 3.63) is 45.2 Å². The Morgan fingerprint density at radius 1 is 1.27 bits per heavy atom. The summed E-state index contributed by atoms with van der Waals surface area (Å²) in [5.41, 5.74) is 3.26. The fourth-order valence-electron chi connectivity index (χ4n) is 2.29. The number of carbonyl (C=O) groups excluding carboxylic acids is 1. The molecule has 0 bridgehead atoms. The number of anilines is 1. The van der Waals surface area contributed by atoms with Crippen LogP contribution in [0.25, 0.3) is 0 Å². The Morgan fingerprint density at radius 3 is 2.50 bits per heavy atom. The average molecular weight is 340 g/mol. The summed E-state index contributed by atoms with van der Waals surface area (Å²) < 4.78 is 1.81. The summed E-state index contributed by atoms with van der Waals surface area (Å²) in [5, 5.41) is 8.63. The number of aryl methyl sites for hydroxylation is 1. The van der Waals surface area contributed by atoms with Crippen molar-refractivity contribution in [3.8, 4) is 0 Å². The second-order valence-corrected chi connectivity index (χ2v) is 6.02. The van der Waals surface area contributed by atoms with E-state index in [9.17, 15) is 4.79 Å². The molecule has 0 aliphatic rings. The van der Waals surface area contributed by atoms with E-state index in [-0.39, 0.29) is 5.91 Å². The number of rotatable bonds is 5. The molecular weight excluding hydrogens is 321 g/mol. The van der Waals surface area contributed by atoms with E-state index in [4.69, 9.17) is 23.2 Å². The highest BCUT2D eigenvalue weighted by molar-refractivity contribution is 6.35. The number of hydrogen-bond acceptors (Lipinski definition) is 2. The Bertz CT molecular complexity index is 675. The van der Waals surface area contributed by atoms with Gasteiger partial charge in [-0.2, -0.15) is 5.10 Å². The number of nitrogens with zero attached hydrogens (tertiary/aromatic N) is 2. The topological polar surface area (TPSA) is 46.9 Å². The van der Waals surface area contributed by atoms with E-state index in [1.165, 1.54) is 0 Å². The molecule has 0 unspecified atom stereocenters. The van der Waals surface area contributed by atoms with Crippen LogP contribution in [0, 0.1) is 13.8 Å². The van der Waals surface area contributed by atoms with Gasteiger partial charge in [0.2, 0.25) is 5.91 Å². The molecule has 0 aliphatic heterocycles. The van der Waals surface area contributed by atoms with Crippen molar-refractivity contribution in [2.45, 2.75) is 40.2 Å². The second kappa shape index (κ2) is 7.16. The van der Waals surface area contributed by atoms with Crippen molar-refractivity contribution < 1.29 is 4.79 Å². The summed E-state index contributed by atoms with van der Waals surface area (Å²) in [5.74, 6) is 0.00373. The normalized spacial score (nSPS) is 10.8. The fourth-order valence-corrected chi connectivity index (χ4v) is 2.81. The standard InChI is InChI=1S/C16H19Cl2N3O/c1-4-6-15(22)19-16-10(2)20-21(11(16)3)9-12-13(17)7-5-8-14(12)18/h5,7-8H,4,6,9H2,1-3H3,(H,19,22). The van der Waals surface area contributed by atoms with E-state index in [1.54, 1.807) is 12.1 Å². The predicted molar refractivity (Wildman–Crippen MR) is 90.8 cm³/mol. The molecule has 1 heterocycles. The molecule has 0 atom stereocenters. The fraction of sp³-hybridized carbons (Fsp3) is 0.375. The van der Waals surface area contributed by atoms with Crippen LogP contribution in [-0.4, -0.2) is 15.7 Å². The van der Waals surface area contributed by atoms with Gasteiger partial charge in [0.05, 0.1) is 23.6 Å². The number of nitrogens with one attached hydrogen (secondary N) is 1. The van der Waals surface area contributed by atoms with Gasteiger partial charge in [-0.25, -0.2) is 0 Å². The van der Waals surface area contributed by atoms with Crippen molar-refractivity contribution in [3.63, 3.8) is 0 Å². The monoisotopic (exact) mass is 339 g/mol. The van der Waals surface area contributed by atoms with Crippen molar-refractivity contribution in [1.82, 2.24) is 9.78 Å². The summed E-state index contributed by atoms with van der Waals surface area (Å²) in [6.45, 7) is 6.24. The first-order valence-corrected chi connectivity index (χ1v) is 7.96. The van der Waals surface area contributed by atoms with Crippen LogP contribution in [0.5, 0.6) is 0 Å². The van der Waals surface area contributed by atoms with Gasteiger partial charge in [-0.1, -0.05) is 36.2 Å². The SMILES string of the molecule is CCCC(=O)Nc1c(C)nn(Cc2c(Cl)cccc2Cl)c1C. The highest BCUT2D eigenvalue weighted by Gasteiger charge is 2.15. The van der Waals surface area contributed by atoms with Crippen LogP contribution >= 0.6 is 23.2 Å². The zero-order valence-corrected chi connectivity index (χ0v) is 14.4. The molecule has 0 radical (unpaired) electrons. The maximum Gasteiger partial charge on any atom is 0.224 e. The number of benzene rings is 1. The van der Waals surface area contributed by atoms with E-state index < -0.39 is 0 Å². The van der Waals surface area contributed by atoms with Crippen LogP contribution in [0.2, 0.25) is 10.0 Å². The van der Waals surface area contributed by atoms with E-state index in [2.05, 4.69) is 10.4 Å². The Labute approximate surface area is 140 Å². The van der Waals surface area contributed by atoms with Gasteiger partial charge in [-0.3, -0.25) is 9.48 Å². The van der Waals surface area contributed by atoms with Gasteiger partial charge in [0.25, 0.3) is 0 Å². The zero-order chi connectivity index (χ0) is 16.3. The van der Waals surface area contributed by atoms with Crippen molar-refractivity contribution in [2.24, 2.45) is 0 Å². The minimum absolute atomic E-state index is 0.00373. The Kier molecular flexibility index (Phi) is 5.48. The molecule has 0 saturated carbocycles. The van der Waals surface area contributed by atoms with E-state index in [1.807, 2.05) is 31.5 Å². The third-order valence-electron chi connectivity index (χ3n) is 3.49. The Hall–Kier alpha value is -1.52. The third kappa shape index (κ3) is 3.62. The highest BCUT2D eigenvalue weighted by atomic mass is 35.5. The third-order valence-corrected chi connectivity index (χ3v) is 4.20. The molecule has 0 spiro atoms. The predicted octanol–water partition coefficient (Wildman–Crippen LogP) is 4.59. The van der Waals surface area contributed by atoms with Crippen molar-refractivity contribution in [2.75, 3.05) is 5.32 Å². The number of halogens is 2. The molecule has 2 rings (SSSR count). The molecule has 2 aromatic rings. The molecule has 1 aromatic carbocycles. The molecular formula is C16H19Cl2N3O. The lowest BCUT2D eigenvalue weighted by Crippen LogP contribution is -2.12. The minimum Gasteiger partial charge on any atom is -0.323 e. The highest BCUT2D eigenvalue weighted by Crippen LogP contribution is 2.27. The first kappa shape index (κ1) is 16.8. The minimum atomic E-state index is 0.00373. The number of hydrogen-bond donors (Lipinski definition) is 1. The van der Waals surface area contributed by atoms with E-state index in [0.717, 1.165) is 29.1 Å². The maximum absolute atomic E-state index is 11.8. The van der Waals surface area contributed by atoms with Crippen LogP contribution in [0.1, 0.15) is 36.7 Å². The number of aromatic nitrogens is 2. The van der Waals surface area contributed by atoms with Gasteiger partial charge in [0.1, 0.15) is 0 Å². The van der Waals surface area contributed by atoms with E-state index in [0.29, 0.717) is 23.0 Å². The summed E-state index contributed by atoms with van der Waals surface area (Å²) >= 11 is 12.4. The van der Waals surface area contributed by atoms with Crippen LogP contribution < -0.4 is 5.32 Å². The van der Waals surface area contributed by atoms with Gasteiger partial charge < -0.3 is 5.32 Å². The maximum atomic E-state index is 11.8. The molecule has 1 amide bonds. The first-order valence-electron chi connectivity index (χ1n) is 7.20. The molecule has 0 aliphatic carbocycles. The smallest absolute Gasteiger partial charge is 0.224 e. The summed E-state index contributed by atoms with van der Waals surface area (Å²) in [7, 11) is 0. The molecule has 6 heteroatoms. The van der Waals surface area contributed by atoms with Crippen molar-refractivity contribution in [1.29, 1.82) is 0 Å². The molecule has 0 fully saturated rings. The first-order chi connectivity index (χ1) is 10.4. The van der Waals surface area contributed by atoms with Gasteiger partial charge in [-0.05, 0) is 32.4 Å². The Balaban J connectivity index is 2.28. The summed E-state index contributed by atoms with van der Waals surface area (Å²) in [4.78, 5) is 11.8. The number of amides is 1. The van der Waals surface area contributed by atoms with Crippen LogP contribution in [0.3, 0.4) is 0 Å². The van der Waals surface area contributed by atoms with Crippen molar-refractivity contribution >= 4 is 34.8 Å². The number of carbonyl (C=O) groups is 1. The van der Waals surface area contributed by atoms with Crippen LogP contribution in [0.15, 0.2) is 18.2 Å². The molecule has 1 aromatic heterocycles. The quantitative estimate of drug-likeness (QED) is 0.865. The second-order valence-electron chi connectivity index (χ2n) is 5.20. The average Bonchev–Trinajstić information content (AvgIpc) is 2.71. The molecule has 0 saturated heterocycles. The zero-order valence-electron chi connectivity index (χ0n) is 12.9. The molecule has 4 nitrogen and oxygen atoms in total. The summed E-state index contributed by atoms with van der Waals surface area (Å²) in [6, 6.07) is 5.42. The largest absolute Gasteiger partial charge is 0.323 e. The van der Waals surface area contributed by atoms with Gasteiger partial charge in [-0.15, -0.1) is 0 Å². The lowest BCUT2D eigenvalue weighted by atomic mass is 10.2. The van der Waals surface area contributed by atoms with Gasteiger partial charge in [0.15, 0.2) is 0 Å². The van der Waals surface area contributed by atoms with Crippen LogP contribution in [-0.2, 0) is 11.3 Å². The molecule has 1 N–H and O–H groups in total.